The van der Waals surface area contributed by atoms with Crippen molar-refractivity contribution >= 4 is 11.5 Å². The van der Waals surface area contributed by atoms with E-state index >= 15 is 0 Å². The zero-order valence-corrected chi connectivity index (χ0v) is 19.2. The third-order valence-corrected chi connectivity index (χ3v) is 6.25. The van der Waals surface area contributed by atoms with E-state index in [1.807, 2.05) is 37.4 Å². The summed E-state index contributed by atoms with van der Waals surface area (Å²) in [6, 6.07) is 12.9. The highest BCUT2D eigenvalue weighted by atomic mass is 19.4. The largest absolute Gasteiger partial charge is 0.488 e. The van der Waals surface area contributed by atoms with Crippen LogP contribution in [0.25, 0.3) is 17.0 Å². The average molecular weight is 483 g/mol. The molecule has 0 unspecified atom stereocenters. The number of nitrogens with zero attached hydrogens (tertiary/aromatic N) is 5. The number of ether oxygens (including phenoxy) is 1. The van der Waals surface area contributed by atoms with Crippen molar-refractivity contribution in [2.24, 2.45) is 0 Å². The molecule has 1 fully saturated rings. The summed E-state index contributed by atoms with van der Waals surface area (Å²) in [5, 5.41) is 12.3. The van der Waals surface area contributed by atoms with Gasteiger partial charge in [-0.1, -0.05) is 30.3 Å². The third-order valence-electron chi connectivity index (χ3n) is 6.25. The Bertz CT molecular complexity index is 1300. The highest BCUT2D eigenvalue weighted by molar-refractivity contribution is 5.72. The molecule has 7 nitrogen and oxygen atoms in total. The van der Waals surface area contributed by atoms with Crippen molar-refractivity contribution in [1.29, 1.82) is 0 Å². The Morgan fingerprint density at radius 2 is 1.97 bits per heavy atom. The van der Waals surface area contributed by atoms with Crippen LogP contribution in [0, 0.1) is 0 Å². The fourth-order valence-corrected chi connectivity index (χ4v) is 4.31. The van der Waals surface area contributed by atoms with Crippen molar-refractivity contribution in [3.63, 3.8) is 0 Å². The predicted octanol–water partition coefficient (Wildman–Crippen LogP) is 4.58. The summed E-state index contributed by atoms with van der Waals surface area (Å²) >= 11 is 0. The fraction of sp³-hybridized carbons (Fsp3) is 0.320. The Labute approximate surface area is 200 Å². The first-order chi connectivity index (χ1) is 16.9. The van der Waals surface area contributed by atoms with Gasteiger partial charge in [0.1, 0.15) is 12.4 Å². The first-order valence-corrected chi connectivity index (χ1v) is 11.4. The monoisotopic (exact) mass is 482 g/mol. The summed E-state index contributed by atoms with van der Waals surface area (Å²) in [5.41, 5.74) is 1.03. The third kappa shape index (κ3) is 4.79. The van der Waals surface area contributed by atoms with Crippen molar-refractivity contribution in [3.05, 3.63) is 72.1 Å². The van der Waals surface area contributed by atoms with E-state index in [4.69, 9.17) is 4.74 Å². The van der Waals surface area contributed by atoms with Crippen molar-refractivity contribution in [3.8, 4) is 17.1 Å². The minimum absolute atomic E-state index is 0.0746. The number of hydrogen-bond acceptors (Lipinski definition) is 6. The SMILES string of the molecule is CN(c1nnc(-c2ccc(C(F)(F)F)cc2OCc2ccccc2)n2ccnc12)[C@@H]1CCCNC1. The normalized spacial score (nSPS) is 16.4. The lowest BCUT2D eigenvalue weighted by atomic mass is 10.1. The van der Waals surface area contributed by atoms with Crippen LogP contribution in [-0.2, 0) is 12.8 Å². The van der Waals surface area contributed by atoms with Crippen molar-refractivity contribution < 1.29 is 17.9 Å². The number of fused-ring (bicyclic) bond motifs is 1. The zero-order chi connectivity index (χ0) is 24.4. The molecule has 3 heterocycles. The van der Waals surface area contributed by atoms with Crippen LogP contribution in [-0.4, -0.2) is 45.8 Å². The first-order valence-electron chi connectivity index (χ1n) is 11.4. The lowest BCUT2D eigenvalue weighted by Gasteiger charge is -2.32. The van der Waals surface area contributed by atoms with E-state index in [1.54, 1.807) is 16.8 Å². The second-order valence-electron chi connectivity index (χ2n) is 8.56. The van der Waals surface area contributed by atoms with Crippen LogP contribution in [0.2, 0.25) is 0 Å². The molecule has 0 bridgehead atoms. The molecular formula is C25H25F3N6O. The van der Waals surface area contributed by atoms with Crippen molar-refractivity contribution in [2.45, 2.75) is 31.7 Å². The van der Waals surface area contributed by atoms with Crippen LogP contribution >= 0.6 is 0 Å². The zero-order valence-electron chi connectivity index (χ0n) is 19.2. The quantitative estimate of drug-likeness (QED) is 0.434. The van der Waals surface area contributed by atoms with Crippen molar-refractivity contribution in [2.75, 3.05) is 25.0 Å². The Kier molecular flexibility index (Phi) is 6.29. The van der Waals surface area contributed by atoms with Crippen LogP contribution in [0.1, 0.15) is 24.0 Å². The van der Waals surface area contributed by atoms with E-state index < -0.39 is 11.7 Å². The summed E-state index contributed by atoms with van der Waals surface area (Å²) in [4.78, 5) is 6.54. The van der Waals surface area contributed by atoms with Gasteiger partial charge in [0.05, 0.1) is 11.1 Å². The molecule has 10 heteroatoms. The lowest BCUT2D eigenvalue weighted by molar-refractivity contribution is -0.137. The number of piperidine rings is 1. The fourth-order valence-electron chi connectivity index (χ4n) is 4.31. The molecule has 1 aliphatic rings. The first kappa shape index (κ1) is 23.1. The van der Waals surface area contributed by atoms with Gasteiger partial charge in [0.25, 0.3) is 0 Å². The van der Waals surface area contributed by atoms with Crippen LogP contribution in [0.5, 0.6) is 5.75 Å². The summed E-state index contributed by atoms with van der Waals surface area (Å²) < 4.78 is 48.1. The molecule has 1 saturated heterocycles. The van der Waals surface area contributed by atoms with Gasteiger partial charge in [-0.3, -0.25) is 4.40 Å². The number of imidazole rings is 1. The number of nitrogens with one attached hydrogen (secondary N) is 1. The maximum Gasteiger partial charge on any atom is 0.416 e. The maximum absolute atomic E-state index is 13.5. The molecule has 0 radical (unpaired) electrons. The number of benzene rings is 2. The van der Waals surface area contributed by atoms with E-state index in [0.29, 0.717) is 22.9 Å². The second kappa shape index (κ2) is 9.53. The van der Waals surface area contributed by atoms with E-state index in [2.05, 4.69) is 25.4 Å². The summed E-state index contributed by atoms with van der Waals surface area (Å²) in [6.45, 7) is 1.95. The standard InChI is InChI=1S/C25H25F3N6O/c1-33(19-8-5-11-29-15-19)24-23-30-12-13-34(23)22(31-32-24)20-10-9-18(25(26,27)28)14-21(20)35-16-17-6-3-2-4-7-17/h2-4,6-7,9-10,12-14,19,29H,5,8,11,15-16H2,1H3/t19-/m1/s1. The summed E-state index contributed by atoms with van der Waals surface area (Å²) in [5.74, 6) is 1.05. The molecule has 1 atom stereocenters. The number of halogens is 3. The summed E-state index contributed by atoms with van der Waals surface area (Å²) in [6.07, 6.45) is 0.955. The molecule has 182 valence electrons. The number of alkyl halides is 3. The topological polar surface area (TPSA) is 67.6 Å². The molecule has 5 rings (SSSR count). The van der Waals surface area contributed by atoms with Gasteiger partial charge in [-0.2, -0.15) is 13.2 Å². The lowest BCUT2D eigenvalue weighted by Crippen LogP contribution is -2.44. The Morgan fingerprint density at radius 3 is 2.71 bits per heavy atom. The minimum atomic E-state index is -4.50. The van der Waals surface area contributed by atoms with E-state index in [9.17, 15) is 13.2 Å². The molecule has 35 heavy (non-hydrogen) atoms. The van der Waals surface area contributed by atoms with E-state index in [1.165, 1.54) is 6.07 Å². The predicted molar refractivity (Wildman–Crippen MR) is 126 cm³/mol. The number of aromatic nitrogens is 4. The summed E-state index contributed by atoms with van der Waals surface area (Å²) in [7, 11) is 1.96. The Balaban J connectivity index is 1.55. The second-order valence-corrected chi connectivity index (χ2v) is 8.56. The molecule has 2 aromatic heterocycles. The van der Waals surface area contributed by atoms with Crippen molar-refractivity contribution in [1.82, 2.24) is 24.9 Å². The van der Waals surface area contributed by atoms with Gasteiger partial charge >= 0.3 is 6.18 Å². The van der Waals surface area contributed by atoms with Crippen LogP contribution in [0.15, 0.2) is 60.9 Å². The molecule has 0 saturated carbocycles. The number of hydrogen-bond donors (Lipinski definition) is 1. The smallest absolute Gasteiger partial charge is 0.416 e. The average Bonchev–Trinajstić information content (AvgIpc) is 3.37. The maximum atomic E-state index is 13.5. The molecule has 1 aliphatic heterocycles. The molecule has 0 spiro atoms. The Morgan fingerprint density at radius 1 is 1.14 bits per heavy atom. The number of anilines is 1. The van der Waals surface area contributed by atoms with Gasteiger partial charge in [0, 0.05) is 32.0 Å². The van der Waals surface area contributed by atoms with Gasteiger partial charge in [-0.15, -0.1) is 10.2 Å². The number of rotatable bonds is 6. The van der Waals surface area contributed by atoms with Crippen LogP contribution in [0.3, 0.4) is 0 Å². The number of likely N-dealkylation sites (N-methyl/N-ethyl adjacent to an activating group) is 1. The molecule has 4 aromatic rings. The Hall–Kier alpha value is -3.66. The molecule has 1 N–H and O–H groups in total. The molecule has 0 amide bonds. The van der Waals surface area contributed by atoms with E-state index in [0.717, 1.165) is 43.6 Å². The highest BCUT2D eigenvalue weighted by Crippen LogP contribution is 2.37. The van der Waals surface area contributed by atoms with Gasteiger partial charge in [-0.25, -0.2) is 4.98 Å². The van der Waals surface area contributed by atoms with Gasteiger partial charge in [0.2, 0.25) is 0 Å². The van der Waals surface area contributed by atoms with E-state index in [-0.39, 0.29) is 18.4 Å². The molecule has 2 aromatic carbocycles. The highest BCUT2D eigenvalue weighted by Gasteiger charge is 2.32. The molecule has 0 aliphatic carbocycles. The van der Waals surface area contributed by atoms with Gasteiger partial charge in [-0.05, 0) is 43.1 Å². The van der Waals surface area contributed by atoms with Crippen LogP contribution in [0.4, 0.5) is 19.0 Å². The van der Waals surface area contributed by atoms with Gasteiger partial charge < -0.3 is 15.0 Å². The molecular weight excluding hydrogens is 457 g/mol. The van der Waals surface area contributed by atoms with Crippen LogP contribution < -0.4 is 15.0 Å². The van der Waals surface area contributed by atoms with Gasteiger partial charge in [0.15, 0.2) is 17.3 Å². The minimum Gasteiger partial charge on any atom is -0.488 e.